The van der Waals surface area contributed by atoms with Crippen LogP contribution >= 0.6 is 0 Å². The van der Waals surface area contributed by atoms with Crippen LogP contribution in [0.2, 0.25) is 0 Å². The Hall–Kier alpha value is -0.610. The van der Waals surface area contributed by atoms with E-state index in [2.05, 4.69) is 26.1 Å². The van der Waals surface area contributed by atoms with Crippen molar-refractivity contribution in [2.75, 3.05) is 27.4 Å². The third kappa shape index (κ3) is 4.18. The molecule has 0 unspecified atom stereocenters. The Kier molecular flexibility index (Phi) is 5.81. The molecule has 19 heavy (non-hydrogen) atoms. The van der Waals surface area contributed by atoms with Gasteiger partial charge >= 0.3 is 5.97 Å². The van der Waals surface area contributed by atoms with E-state index in [1.54, 1.807) is 7.11 Å². The monoisotopic (exact) mass is 271 g/mol. The summed E-state index contributed by atoms with van der Waals surface area (Å²) in [7, 11) is 3.14. The summed E-state index contributed by atoms with van der Waals surface area (Å²) in [6.07, 6.45) is 3.84. The Balaban J connectivity index is 2.66. The number of ether oxygens (including phenoxy) is 2. The number of carbonyl (C=O) groups is 1. The lowest BCUT2D eigenvalue weighted by Crippen LogP contribution is -2.56. The van der Waals surface area contributed by atoms with Crippen LogP contribution in [0.25, 0.3) is 0 Å². The average Bonchev–Trinajstić information content (AvgIpc) is 2.37. The van der Waals surface area contributed by atoms with Gasteiger partial charge in [0.15, 0.2) is 0 Å². The molecule has 0 heterocycles. The summed E-state index contributed by atoms with van der Waals surface area (Å²) in [5, 5.41) is 3.36. The Labute approximate surface area is 117 Å². The average molecular weight is 271 g/mol. The van der Waals surface area contributed by atoms with Crippen LogP contribution in [0, 0.1) is 11.3 Å². The smallest absolute Gasteiger partial charge is 0.326 e. The highest BCUT2D eigenvalue weighted by atomic mass is 16.5. The van der Waals surface area contributed by atoms with Crippen molar-refractivity contribution in [3.05, 3.63) is 0 Å². The maximum Gasteiger partial charge on any atom is 0.326 e. The molecule has 0 aromatic heterocycles. The molecule has 0 atom stereocenters. The van der Waals surface area contributed by atoms with Gasteiger partial charge in [-0.15, -0.1) is 0 Å². The number of esters is 1. The van der Waals surface area contributed by atoms with E-state index in [1.165, 1.54) is 7.11 Å². The van der Waals surface area contributed by atoms with Crippen molar-refractivity contribution in [2.45, 2.75) is 52.0 Å². The number of nitrogens with one attached hydrogen (secondary N) is 1. The van der Waals surface area contributed by atoms with Gasteiger partial charge < -0.3 is 9.47 Å². The molecule has 1 fully saturated rings. The normalized spacial score (nSPS) is 28.2. The molecule has 1 N–H and O–H groups in total. The van der Waals surface area contributed by atoms with Gasteiger partial charge in [-0.1, -0.05) is 20.8 Å². The largest absolute Gasteiger partial charge is 0.468 e. The zero-order valence-electron chi connectivity index (χ0n) is 13.0. The second-order valence-electron chi connectivity index (χ2n) is 6.63. The summed E-state index contributed by atoms with van der Waals surface area (Å²) < 4.78 is 10.1. The molecule has 0 radical (unpaired) electrons. The molecule has 0 aliphatic heterocycles. The molecule has 0 saturated heterocycles. The van der Waals surface area contributed by atoms with Crippen LogP contribution in [0.15, 0.2) is 0 Å². The maximum atomic E-state index is 12.1. The van der Waals surface area contributed by atoms with Crippen molar-refractivity contribution in [1.82, 2.24) is 5.32 Å². The fourth-order valence-corrected chi connectivity index (χ4v) is 3.02. The summed E-state index contributed by atoms with van der Waals surface area (Å²) in [5.74, 6) is 0.547. The SMILES string of the molecule is COCCNC1(C(=O)OC)CCC(C(C)(C)C)CC1. The Morgan fingerprint density at radius 2 is 1.84 bits per heavy atom. The third-order valence-electron chi connectivity index (χ3n) is 4.41. The topological polar surface area (TPSA) is 47.6 Å². The van der Waals surface area contributed by atoms with Crippen molar-refractivity contribution in [3.8, 4) is 0 Å². The van der Waals surface area contributed by atoms with Crippen molar-refractivity contribution >= 4 is 5.97 Å². The van der Waals surface area contributed by atoms with Gasteiger partial charge in [-0.25, -0.2) is 0 Å². The number of methoxy groups -OCH3 is 2. The van der Waals surface area contributed by atoms with Gasteiger partial charge in [0.1, 0.15) is 5.54 Å². The second kappa shape index (κ2) is 6.71. The first-order chi connectivity index (χ1) is 8.85. The lowest BCUT2D eigenvalue weighted by molar-refractivity contribution is -0.151. The van der Waals surface area contributed by atoms with E-state index in [0.29, 0.717) is 24.5 Å². The maximum absolute atomic E-state index is 12.1. The van der Waals surface area contributed by atoms with Crippen molar-refractivity contribution in [1.29, 1.82) is 0 Å². The predicted molar refractivity (Wildman–Crippen MR) is 76.0 cm³/mol. The molecule has 0 amide bonds. The minimum atomic E-state index is -0.505. The van der Waals surface area contributed by atoms with Gasteiger partial charge in [0.2, 0.25) is 0 Å². The number of hydrogen-bond acceptors (Lipinski definition) is 4. The molecule has 0 spiro atoms. The molecule has 1 aliphatic carbocycles. The zero-order chi connectivity index (χ0) is 14.5. The van der Waals surface area contributed by atoms with E-state index in [-0.39, 0.29) is 5.97 Å². The summed E-state index contributed by atoms with van der Waals surface area (Å²) in [6, 6.07) is 0. The van der Waals surface area contributed by atoms with Gasteiger partial charge in [-0.3, -0.25) is 10.1 Å². The highest BCUT2D eigenvalue weighted by Gasteiger charge is 2.44. The molecule has 4 nitrogen and oxygen atoms in total. The second-order valence-corrected chi connectivity index (χ2v) is 6.63. The van der Waals surface area contributed by atoms with E-state index in [9.17, 15) is 4.79 Å². The first-order valence-corrected chi connectivity index (χ1v) is 7.18. The number of carbonyl (C=O) groups excluding carboxylic acids is 1. The zero-order valence-corrected chi connectivity index (χ0v) is 13.0. The van der Waals surface area contributed by atoms with Gasteiger partial charge in [0.25, 0.3) is 0 Å². The lowest BCUT2D eigenvalue weighted by atomic mass is 9.67. The van der Waals surface area contributed by atoms with E-state index >= 15 is 0 Å². The molecular weight excluding hydrogens is 242 g/mol. The van der Waals surface area contributed by atoms with Crippen LogP contribution in [-0.4, -0.2) is 38.9 Å². The predicted octanol–water partition coefficient (Wildman–Crippen LogP) is 2.37. The molecular formula is C15H29NO3. The minimum absolute atomic E-state index is 0.129. The summed E-state index contributed by atoms with van der Waals surface area (Å²) in [4.78, 5) is 12.1. The van der Waals surface area contributed by atoms with E-state index in [1.807, 2.05) is 0 Å². The fraction of sp³-hybridized carbons (Fsp3) is 0.933. The van der Waals surface area contributed by atoms with Gasteiger partial charge in [-0.05, 0) is 37.0 Å². The van der Waals surface area contributed by atoms with Crippen LogP contribution in [0.5, 0.6) is 0 Å². The highest BCUT2D eigenvalue weighted by Crippen LogP contribution is 2.41. The molecule has 1 rings (SSSR count). The standard InChI is InChI=1S/C15H29NO3/c1-14(2,3)12-6-8-15(9-7-12,13(17)19-5)16-10-11-18-4/h12,16H,6-11H2,1-5H3. The molecule has 1 saturated carbocycles. The first-order valence-electron chi connectivity index (χ1n) is 7.18. The number of hydrogen-bond donors (Lipinski definition) is 1. The van der Waals surface area contributed by atoms with Crippen LogP contribution in [0.3, 0.4) is 0 Å². The molecule has 112 valence electrons. The van der Waals surface area contributed by atoms with Gasteiger partial charge in [0.05, 0.1) is 13.7 Å². The van der Waals surface area contributed by atoms with Gasteiger partial charge in [-0.2, -0.15) is 0 Å². The Morgan fingerprint density at radius 3 is 2.26 bits per heavy atom. The van der Waals surface area contributed by atoms with E-state index in [4.69, 9.17) is 9.47 Å². The molecule has 0 bridgehead atoms. The first kappa shape index (κ1) is 16.4. The van der Waals surface area contributed by atoms with Crippen LogP contribution in [0.4, 0.5) is 0 Å². The fourth-order valence-electron chi connectivity index (χ4n) is 3.02. The summed E-state index contributed by atoms with van der Waals surface area (Å²) in [5.41, 5.74) is -0.191. The van der Waals surface area contributed by atoms with Crippen LogP contribution in [0.1, 0.15) is 46.5 Å². The van der Waals surface area contributed by atoms with Gasteiger partial charge in [0, 0.05) is 13.7 Å². The molecule has 0 aromatic carbocycles. The van der Waals surface area contributed by atoms with Crippen LogP contribution in [-0.2, 0) is 14.3 Å². The lowest BCUT2D eigenvalue weighted by Gasteiger charge is -2.42. The molecule has 0 aromatic rings. The van der Waals surface area contributed by atoms with Crippen molar-refractivity contribution in [3.63, 3.8) is 0 Å². The molecule has 4 heteroatoms. The number of rotatable bonds is 5. The van der Waals surface area contributed by atoms with Crippen LogP contribution < -0.4 is 5.32 Å². The Bertz CT molecular complexity index is 288. The minimum Gasteiger partial charge on any atom is -0.468 e. The Morgan fingerprint density at radius 1 is 1.26 bits per heavy atom. The quantitative estimate of drug-likeness (QED) is 0.616. The highest BCUT2D eigenvalue weighted by molar-refractivity contribution is 5.80. The van der Waals surface area contributed by atoms with E-state index < -0.39 is 5.54 Å². The van der Waals surface area contributed by atoms with Crippen molar-refractivity contribution in [2.24, 2.45) is 11.3 Å². The third-order valence-corrected chi connectivity index (χ3v) is 4.41. The molecule has 1 aliphatic rings. The van der Waals surface area contributed by atoms with Crippen molar-refractivity contribution < 1.29 is 14.3 Å². The summed E-state index contributed by atoms with van der Waals surface area (Å²) >= 11 is 0. The van der Waals surface area contributed by atoms with E-state index in [0.717, 1.165) is 25.7 Å². The summed E-state index contributed by atoms with van der Waals surface area (Å²) in [6.45, 7) is 8.14.